The molecule has 4 heterocycles. The number of ether oxygens (including phenoxy) is 3. The van der Waals surface area contributed by atoms with Crippen molar-refractivity contribution in [3.8, 4) is 11.5 Å². The number of likely N-dealkylation sites (tertiary alicyclic amines) is 1. The number of aromatic nitrogens is 3. The number of rotatable bonds is 7. The second kappa shape index (κ2) is 9.24. The van der Waals surface area contributed by atoms with Crippen molar-refractivity contribution in [3.05, 3.63) is 47.9 Å². The average Bonchev–Trinajstić information content (AvgIpc) is 3.47. The van der Waals surface area contributed by atoms with E-state index in [1.807, 2.05) is 13.8 Å². The van der Waals surface area contributed by atoms with Gasteiger partial charge in [-0.25, -0.2) is 14.3 Å². The normalized spacial score (nSPS) is 20.3. The Hall–Kier alpha value is -4.39. The van der Waals surface area contributed by atoms with Crippen molar-refractivity contribution in [2.45, 2.75) is 38.1 Å². The molecule has 1 saturated heterocycles. The molecule has 0 aliphatic carbocycles. The minimum Gasteiger partial charge on any atom is -0.487 e. The van der Waals surface area contributed by atoms with Gasteiger partial charge in [0.05, 0.1) is 18.4 Å². The predicted molar refractivity (Wildman–Crippen MR) is 130 cm³/mol. The number of benzene rings is 1. The van der Waals surface area contributed by atoms with Gasteiger partial charge >= 0.3 is 6.09 Å². The van der Waals surface area contributed by atoms with Gasteiger partial charge in [-0.05, 0) is 26.0 Å². The molecule has 0 saturated carbocycles. The molecule has 2 aromatic heterocycles. The van der Waals surface area contributed by atoms with Crippen LogP contribution >= 0.6 is 0 Å². The van der Waals surface area contributed by atoms with E-state index in [0.717, 1.165) is 5.56 Å². The maximum absolute atomic E-state index is 13.3. The van der Waals surface area contributed by atoms with E-state index in [-0.39, 0.29) is 25.2 Å². The van der Waals surface area contributed by atoms with Crippen LogP contribution in [0.5, 0.6) is 11.5 Å². The Labute approximate surface area is 211 Å². The molecular weight excluding hydrogens is 482 g/mol. The van der Waals surface area contributed by atoms with E-state index in [0.29, 0.717) is 29.3 Å². The summed E-state index contributed by atoms with van der Waals surface area (Å²) in [6.07, 6.45) is 2.93. The summed E-state index contributed by atoms with van der Waals surface area (Å²) >= 11 is 0. The van der Waals surface area contributed by atoms with E-state index >= 15 is 0 Å². The van der Waals surface area contributed by atoms with Gasteiger partial charge in [-0.3, -0.25) is 14.5 Å². The summed E-state index contributed by atoms with van der Waals surface area (Å²) in [7, 11) is 0. The molecule has 13 nitrogen and oxygen atoms in total. The Balaban J connectivity index is 1.46. The van der Waals surface area contributed by atoms with Gasteiger partial charge in [0.15, 0.2) is 11.8 Å². The van der Waals surface area contributed by atoms with E-state index in [2.05, 4.69) is 15.4 Å². The highest BCUT2D eigenvalue weighted by molar-refractivity contribution is 6.08. The van der Waals surface area contributed by atoms with Gasteiger partial charge in [0.25, 0.3) is 5.91 Å². The quantitative estimate of drug-likeness (QED) is 0.414. The fourth-order valence-electron chi connectivity index (χ4n) is 4.71. The first-order valence-electron chi connectivity index (χ1n) is 11.7. The standard InChI is InChI=1S/C24H27N7O6/c1-24(2)8-13-6-15(29-22(33)14-9-28-31-5-3-4-27-21(14)31)17(7-16(13)37-24)35-18-10-30(12-20(25)32)11-19(18)36-23(26)34/h3-7,9,18-19H,8,10-12H2,1-2H3,(H2,25,32)(H2,26,34)(H,29,33)/t18-,19-/m1/s1. The number of nitrogens with zero attached hydrogens (tertiary/aromatic N) is 4. The first-order chi connectivity index (χ1) is 17.6. The number of amides is 3. The fourth-order valence-corrected chi connectivity index (χ4v) is 4.71. The molecule has 1 aromatic carbocycles. The smallest absolute Gasteiger partial charge is 0.404 e. The van der Waals surface area contributed by atoms with Crippen molar-refractivity contribution >= 4 is 29.2 Å². The molecule has 13 heteroatoms. The summed E-state index contributed by atoms with van der Waals surface area (Å²) in [4.78, 5) is 42.1. The highest BCUT2D eigenvalue weighted by Crippen LogP contribution is 2.42. The average molecular weight is 510 g/mol. The van der Waals surface area contributed by atoms with Crippen LogP contribution in [0.3, 0.4) is 0 Å². The van der Waals surface area contributed by atoms with Gasteiger partial charge in [0.1, 0.15) is 28.8 Å². The van der Waals surface area contributed by atoms with E-state index < -0.39 is 35.7 Å². The molecule has 3 amide bonds. The minimum absolute atomic E-state index is 0.0364. The SMILES string of the molecule is CC1(C)Cc2cc(NC(=O)c3cnn4cccnc34)c(O[C@@H]3CN(CC(N)=O)C[C@H]3OC(N)=O)cc2O1. The van der Waals surface area contributed by atoms with Crippen LogP contribution in [-0.2, 0) is 16.0 Å². The predicted octanol–water partition coefficient (Wildman–Crippen LogP) is 0.707. The summed E-state index contributed by atoms with van der Waals surface area (Å²) in [6.45, 7) is 4.35. The second-order valence-electron chi connectivity index (χ2n) is 9.69. The molecule has 2 atom stereocenters. The summed E-state index contributed by atoms with van der Waals surface area (Å²) < 4.78 is 19.1. The molecule has 1 fully saturated rings. The molecular formula is C24H27N7O6. The van der Waals surface area contributed by atoms with Gasteiger partial charge in [-0.1, -0.05) is 0 Å². The Bertz CT molecular complexity index is 1390. The van der Waals surface area contributed by atoms with E-state index in [4.69, 9.17) is 25.7 Å². The molecule has 5 N–H and O–H groups in total. The van der Waals surface area contributed by atoms with Crippen molar-refractivity contribution in [3.63, 3.8) is 0 Å². The first kappa shape index (κ1) is 24.3. The van der Waals surface area contributed by atoms with Gasteiger partial charge in [0.2, 0.25) is 5.91 Å². The zero-order chi connectivity index (χ0) is 26.3. The highest BCUT2D eigenvalue weighted by Gasteiger charge is 2.39. The van der Waals surface area contributed by atoms with Crippen LogP contribution in [0, 0.1) is 0 Å². The van der Waals surface area contributed by atoms with Crippen LogP contribution in [0.4, 0.5) is 10.5 Å². The number of primary amides is 2. The molecule has 3 aromatic rings. The highest BCUT2D eigenvalue weighted by atomic mass is 16.6. The van der Waals surface area contributed by atoms with E-state index in [1.54, 1.807) is 35.5 Å². The number of hydrogen-bond acceptors (Lipinski definition) is 9. The number of nitrogens with two attached hydrogens (primary N) is 2. The first-order valence-corrected chi connectivity index (χ1v) is 11.7. The summed E-state index contributed by atoms with van der Waals surface area (Å²) in [5, 5.41) is 7.07. The van der Waals surface area contributed by atoms with Crippen LogP contribution < -0.4 is 26.3 Å². The summed E-state index contributed by atoms with van der Waals surface area (Å²) in [6, 6.07) is 5.21. The molecule has 2 aliphatic heterocycles. The lowest BCUT2D eigenvalue weighted by molar-refractivity contribution is -0.119. The Morgan fingerprint density at radius 2 is 2.00 bits per heavy atom. The Kier molecular flexibility index (Phi) is 6.07. The topological polar surface area (TPSA) is 176 Å². The monoisotopic (exact) mass is 509 g/mol. The molecule has 0 radical (unpaired) electrons. The zero-order valence-corrected chi connectivity index (χ0v) is 20.3. The molecule has 0 unspecified atom stereocenters. The molecule has 37 heavy (non-hydrogen) atoms. The van der Waals surface area contributed by atoms with Gasteiger partial charge in [0, 0.05) is 43.5 Å². The van der Waals surface area contributed by atoms with E-state index in [9.17, 15) is 14.4 Å². The van der Waals surface area contributed by atoms with Crippen LogP contribution in [0.1, 0.15) is 29.8 Å². The third-order valence-electron chi connectivity index (χ3n) is 6.15. The number of fused-ring (bicyclic) bond motifs is 2. The van der Waals surface area contributed by atoms with Gasteiger partial charge in [-0.2, -0.15) is 5.10 Å². The van der Waals surface area contributed by atoms with E-state index in [1.165, 1.54) is 10.7 Å². The number of anilines is 1. The second-order valence-corrected chi connectivity index (χ2v) is 9.69. The summed E-state index contributed by atoms with van der Waals surface area (Å²) in [5.41, 5.74) is 12.1. The lowest BCUT2D eigenvalue weighted by Crippen LogP contribution is -2.36. The maximum Gasteiger partial charge on any atom is 0.404 e. The number of carbonyl (C=O) groups excluding carboxylic acids is 3. The van der Waals surface area contributed by atoms with Crippen molar-refractivity contribution in [2.24, 2.45) is 11.5 Å². The largest absolute Gasteiger partial charge is 0.487 e. The summed E-state index contributed by atoms with van der Waals surface area (Å²) in [5.74, 6) is -0.0294. The van der Waals surface area contributed by atoms with Gasteiger partial charge in [-0.15, -0.1) is 0 Å². The number of hydrogen-bond donors (Lipinski definition) is 3. The lowest BCUT2D eigenvalue weighted by Gasteiger charge is -2.22. The molecule has 2 aliphatic rings. The van der Waals surface area contributed by atoms with Crippen LogP contribution in [0.15, 0.2) is 36.8 Å². The third-order valence-corrected chi connectivity index (χ3v) is 6.15. The Morgan fingerprint density at radius 1 is 1.22 bits per heavy atom. The number of carbonyl (C=O) groups is 3. The number of nitrogens with one attached hydrogen (secondary N) is 1. The Morgan fingerprint density at radius 3 is 2.76 bits per heavy atom. The maximum atomic E-state index is 13.3. The van der Waals surface area contributed by atoms with Crippen molar-refractivity contribution < 1.29 is 28.6 Å². The van der Waals surface area contributed by atoms with Gasteiger partial charge < -0.3 is 31.0 Å². The van der Waals surface area contributed by atoms with Crippen LogP contribution in [-0.4, -0.2) is 74.8 Å². The molecule has 0 bridgehead atoms. The molecule has 194 valence electrons. The molecule has 0 spiro atoms. The third kappa shape index (κ3) is 5.11. The van der Waals surface area contributed by atoms with Crippen molar-refractivity contribution in [1.82, 2.24) is 19.5 Å². The van der Waals surface area contributed by atoms with Crippen LogP contribution in [0.2, 0.25) is 0 Å². The molecule has 5 rings (SSSR count). The minimum atomic E-state index is -0.965. The van der Waals surface area contributed by atoms with Crippen molar-refractivity contribution in [2.75, 3.05) is 25.0 Å². The van der Waals surface area contributed by atoms with Crippen LogP contribution in [0.25, 0.3) is 5.65 Å². The fraction of sp³-hybridized carbons (Fsp3) is 0.375. The zero-order valence-electron chi connectivity index (χ0n) is 20.3. The lowest BCUT2D eigenvalue weighted by atomic mass is 10.0. The van der Waals surface area contributed by atoms with Crippen molar-refractivity contribution in [1.29, 1.82) is 0 Å².